The van der Waals surface area contributed by atoms with Crippen LogP contribution in [-0.2, 0) is 19.0 Å². The predicted octanol–water partition coefficient (Wildman–Crippen LogP) is 4.25. The van der Waals surface area contributed by atoms with E-state index in [2.05, 4.69) is 22.5 Å². The van der Waals surface area contributed by atoms with Crippen LogP contribution in [0.3, 0.4) is 0 Å². The Bertz CT molecular complexity index is 1130. The molecule has 1 aromatic heterocycles. The van der Waals surface area contributed by atoms with Crippen molar-refractivity contribution >= 4 is 23.4 Å². The summed E-state index contributed by atoms with van der Waals surface area (Å²) in [7, 11) is 0. The molecular formula is C25H27F2N3O4. The molecule has 6 rings (SSSR count). The molecule has 1 amide bonds. The number of rotatable bonds is 3. The van der Waals surface area contributed by atoms with Gasteiger partial charge in [-0.25, -0.2) is 0 Å². The molecule has 0 saturated carbocycles. The maximum Gasteiger partial charge on any atom is 0.585 e. The highest BCUT2D eigenvalue weighted by Gasteiger charge is 2.47. The van der Waals surface area contributed by atoms with E-state index in [4.69, 9.17) is 14.2 Å². The molecule has 1 aromatic rings. The zero-order valence-electron chi connectivity index (χ0n) is 18.7. The average molecular weight is 472 g/mol. The Labute approximate surface area is 196 Å². The molecule has 0 spiro atoms. The number of hydrogen-bond donors (Lipinski definition) is 2. The van der Waals surface area contributed by atoms with Gasteiger partial charge in [0.05, 0.1) is 19.1 Å². The third kappa shape index (κ3) is 3.81. The summed E-state index contributed by atoms with van der Waals surface area (Å²) in [6, 6.07) is 0. The number of aromatic amines is 1. The Morgan fingerprint density at radius 2 is 2.06 bits per heavy atom. The molecule has 180 valence electrons. The third-order valence-corrected chi connectivity index (χ3v) is 7.18. The molecule has 9 heteroatoms. The van der Waals surface area contributed by atoms with E-state index in [1.54, 1.807) is 0 Å². The topological polar surface area (TPSA) is 75.8 Å². The number of morpholine rings is 1. The van der Waals surface area contributed by atoms with Crippen LogP contribution in [0, 0.1) is 11.8 Å². The van der Waals surface area contributed by atoms with E-state index >= 15 is 0 Å². The SMILES string of the molecule is O=C(C1C=CCC(C2=Cc3c(C4=CCCC5=C4OC(F)(F)O5)c[nH]c3NC2)C1)N1CCOCC1. The largest absolute Gasteiger partial charge is 0.585 e. The summed E-state index contributed by atoms with van der Waals surface area (Å²) in [6.07, 6.45) is 9.05. The van der Waals surface area contributed by atoms with Crippen LogP contribution in [0.15, 0.2) is 41.5 Å². The van der Waals surface area contributed by atoms with Crippen molar-refractivity contribution in [2.24, 2.45) is 11.8 Å². The first-order valence-electron chi connectivity index (χ1n) is 11.9. The number of nitrogens with zero attached hydrogens (tertiary/aromatic N) is 1. The maximum absolute atomic E-state index is 13.8. The van der Waals surface area contributed by atoms with Gasteiger partial charge in [0.15, 0.2) is 11.5 Å². The molecule has 4 heterocycles. The lowest BCUT2D eigenvalue weighted by Gasteiger charge is -2.33. The summed E-state index contributed by atoms with van der Waals surface area (Å²) in [4.78, 5) is 18.2. The van der Waals surface area contributed by atoms with Crippen molar-refractivity contribution in [2.45, 2.75) is 32.0 Å². The molecule has 0 aromatic carbocycles. The summed E-state index contributed by atoms with van der Waals surface area (Å²) in [6.45, 7) is 3.15. The number of carbonyl (C=O) groups is 1. The first-order valence-corrected chi connectivity index (χ1v) is 11.9. The fourth-order valence-corrected chi connectivity index (χ4v) is 5.46. The predicted molar refractivity (Wildman–Crippen MR) is 121 cm³/mol. The second-order valence-electron chi connectivity index (χ2n) is 9.28. The normalized spacial score (nSPS) is 27.6. The smallest absolute Gasteiger partial charge is 0.400 e. The van der Waals surface area contributed by atoms with Gasteiger partial charge in [0.1, 0.15) is 5.82 Å². The third-order valence-electron chi connectivity index (χ3n) is 7.18. The lowest BCUT2D eigenvalue weighted by Crippen LogP contribution is -2.44. The van der Waals surface area contributed by atoms with Crippen molar-refractivity contribution in [1.29, 1.82) is 0 Å². The quantitative estimate of drug-likeness (QED) is 0.645. The Balaban J connectivity index is 1.24. The first-order chi connectivity index (χ1) is 16.5. The van der Waals surface area contributed by atoms with Crippen LogP contribution in [-0.4, -0.2) is 54.9 Å². The summed E-state index contributed by atoms with van der Waals surface area (Å²) in [5.41, 5.74) is 3.56. The lowest BCUT2D eigenvalue weighted by molar-refractivity contribution is -0.336. The highest BCUT2D eigenvalue weighted by molar-refractivity contribution is 5.89. The number of anilines is 1. The molecule has 1 fully saturated rings. The number of halogens is 2. The molecule has 0 radical (unpaired) electrons. The highest BCUT2D eigenvalue weighted by atomic mass is 19.3. The maximum atomic E-state index is 13.8. The molecule has 3 aliphatic heterocycles. The fraction of sp³-hybridized carbons (Fsp3) is 0.480. The van der Waals surface area contributed by atoms with Crippen molar-refractivity contribution < 1.29 is 27.8 Å². The van der Waals surface area contributed by atoms with Crippen LogP contribution in [0.2, 0.25) is 0 Å². The second kappa shape index (κ2) is 8.30. The number of allylic oxidation sites excluding steroid dienone is 4. The number of carbonyl (C=O) groups excluding carboxylic acids is 1. The minimum absolute atomic E-state index is 0.121. The number of nitrogens with one attached hydrogen (secondary N) is 2. The Morgan fingerprint density at radius 1 is 1.21 bits per heavy atom. The molecule has 7 nitrogen and oxygen atoms in total. The zero-order valence-corrected chi connectivity index (χ0v) is 18.7. The first kappa shape index (κ1) is 21.5. The van der Waals surface area contributed by atoms with E-state index in [1.165, 1.54) is 5.57 Å². The molecule has 2 N–H and O–H groups in total. The van der Waals surface area contributed by atoms with Crippen LogP contribution >= 0.6 is 0 Å². The van der Waals surface area contributed by atoms with Crippen LogP contribution in [0.5, 0.6) is 0 Å². The van der Waals surface area contributed by atoms with Gasteiger partial charge in [-0.15, -0.1) is 8.78 Å². The van der Waals surface area contributed by atoms with Gasteiger partial charge in [-0.2, -0.15) is 0 Å². The van der Waals surface area contributed by atoms with E-state index in [-0.39, 0.29) is 29.3 Å². The number of alkyl halides is 2. The number of ether oxygens (including phenoxy) is 3. The van der Waals surface area contributed by atoms with Crippen molar-refractivity contribution in [3.8, 4) is 0 Å². The van der Waals surface area contributed by atoms with E-state index in [0.29, 0.717) is 51.3 Å². The zero-order chi connectivity index (χ0) is 23.3. The minimum atomic E-state index is -3.62. The van der Waals surface area contributed by atoms with Crippen molar-refractivity contribution in [2.75, 3.05) is 38.2 Å². The van der Waals surface area contributed by atoms with Gasteiger partial charge in [0.25, 0.3) is 0 Å². The highest BCUT2D eigenvalue weighted by Crippen LogP contribution is 2.47. The van der Waals surface area contributed by atoms with Gasteiger partial charge in [0, 0.05) is 49.0 Å². The van der Waals surface area contributed by atoms with Crippen LogP contribution in [0.25, 0.3) is 11.6 Å². The van der Waals surface area contributed by atoms with E-state index in [9.17, 15) is 13.6 Å². The summed E-state index contributed by atoms with van der Waals surface area (Å²) in [5, 5.41) is 3.43. The summed E-state index contributed by atoms with van der Waals surface area (Å²) < 4.78 is 42.5. The van der Waals surface area contributed by atoms with Gasteiger partial charge in [-0.05, 0) is 36.8 Å². The van der Waals surface area contributed by atoms with Gasteiger partial charge in [0.2, 0.25) is 5.91 Å². The van der Waals surface area contributed by atoms with E-state index < -0.39 is 6.29 Å². The number of amides is 1. The summed E-state index contributed by atoms with van der Waals surface area (Å²) >= 11 is 0. The number of H-pyrrole nitrogens is 1. The van der Waals surface area contributed by atoms with Gasteiger partial charge in [-0.1, -0.05) is 18.2 Å². The second-order valence-corrected chi connectivity index (χ2v) is 9.28. The van der Waals surface area contributed by atoms with Crippen molar-refractivity contribution in [1.82, 2.24) is 9.88 Å². The Morgan fingerprint density at radius 3 is 2.91 bits per heavy atom. The van der Waals surface area contributed by atoms with Gasteiger partial charge in [-0.3, -0.25) is 4.79 Å². The monoisotopic (exact) mass is 471 g/mol. The molecule has 2 unspecified atom stereocenters. The van der Waals surface area contributed by atoms with Crippen LogP contribution in [0.1, 0.15) is 36.8 Å². The molecule has 1 saturated heterocycles. The molecule has 34 heavy (non-hydrogen) atoms. The fourth-order valence-electron chi connectivity index (χ4n) is 5.46. The minimum Gasteiger partial charge on any atom is -0.400 e. The Hall–Kier alpha value is -3.07. The van der Waals surface area contributed by atoms with Gasteiger partial charge >= 0.3 is 6.29 Å². The number of fused-ring (bicyclic) bond motifs is 1. The van der Waals surface area contributed by atoms with Crippen LogP contribution in [0.4, 0.5) is 14.6 Å². The molecule has 5 aliphatic rings. The number of aromatic nitrogens is 1. The van der Waals surface area contributed by atoms with Gasteiger partial charge < -0.3 is 29.4 Å². The summed E-state index contributed by atoms with van der Waals surface area (Å²) in [5.74, 6) is 1.44. The van der Waals surface area contributed by atoms with E-state index in [1.807, 2.05) is 23.2 Å². The molecule has 0 bridgehead atoms. The van der Waals surface area contributed by atoms with E-state index in [0.717, 1.165) is 29.8 Å². The molecular weight excluding hydrogens is 444 g/mol. The standard InChI is InChI=1S/C25H27F2N3O4/c26-25(27)33-21-6-2-5-18(22(21)34-25)20-14-29-23-19(20)12-17(13-28-23)15-3-1-4-16(11-15)24(31)30-7-9-32-10-8-30/h1,4-5,12,14-16,28-29H,2-3,6-11,13H2. The van der Waals surface area contributed by atoms with Crippen molar-refractivity contribution in [3.63, 3.8) is 0 Å². The van der Waals surface area contributed by atoms with Crippen molar-refractivity contribution in [3.05, 3.63) is 52.6 Å². The molecule has 2 atom stereocenters. The number of hydrogen-bond acceptors (Lipinski definition) is 5. The molecule has 2 aliphatic carbocycles. The average Bonchev–Trinajstić information content (AvgIpc) is 3.42. The lowest BCUT2D eigenvalue weighted by atomic mass is 9.79. The Kier molecular flexibility index (Phi) is 5.24. The van der Waals surface area contributed by atoms with Crippen LogP contribution < -0.4 is 5.32 Å².